The van der Waals surface area contributed by atoms with Crippen molar-refractivity contribution >= 4 is 17.6 Å². The van der Waals surface area contributed by atoms with Crippen molar-refractivity contribution < 1.29 is 24.2 Å². The predicted molar refractivity (Wildman–Crippen MR) is 100 cm³/mol. The molecule has 7 heteroatoms. The third-order valence-corrected chi connectivity index (χ3v) is 4.39. The van der Waals surface area contributed by atoms with E-state index in [4.69, 9.17) is 14.6 Å². The van der Waals surface area contributed by atoms with E-state index in [1.165, 1.54) is 12.1 Å². The van der Waals surface area contributed by atoms with Crippen LogP contribution in [0.25, 0.3) is 0 Å². The molecule has 7 nitrogen and oxygen atoms in total. The molecule has 3 rings (SSSR count). The second kappa shape index (κ2) is 8.66. The highest BCUT2D eigenvalue weighted by atomic mass is 16.5. The normalized spacial score (nSPS) is 15.7. The van der Waals surface area contributed by atoms with E-state index >= 15 is 0 Å². The van der Waals surface area contributed by atoms with Gasteiger partial charge in [0.1, 0.15) is 18.4 Å². The number of carboxylic acid groups (broad SMARTS) is 1. The van der Waals surface area contributed by atoms with Crippen molar-refractivity contribution in [1.82, 2.24) is 5.32 Å². The summed E-state index contributed by atoms with van der Waals surface area (Å²) in [6.07, 6.45) is 0.813. The molecule has 1 heterocycles. The molecule has 0 aromatic heterocycles. The van der Waals surface area contributed by atoms with Crippen LogP contribution in [0.1, 0.15) is 27.5 Å². The van der Waals surface area contributed by atoms with Gasteiger partial charge in [-0.3, -0.25) is 4.79 Å². The average molecular weight is 370 g/mol. The van der Waals surface area contributed by atoms with Crippen molar-refractivity contribution in [3.63, 3.8) is 0 Å². The van der Waals surface area contributed by atoms with Gasteiger partial charge in [-0.05, 0) is 53.9 Å². The molecule has 1 aliphatic heterocycles. The molecule has 1 aliphatic rings. The summed E-state index contributed by atoms with van der Waals surface area (Å²) in [5.41, 5.74) is 2.72. The van der Waals surface area contributed by atoms with Gasteiger partial charge in [0.25, 0.3) is 0 Å². The van der Waals surface area contributed by atoms with Crippen LogP contribution in [0.5, 0.6) is 5.75 Å². The number of carbonyl (C=O) groups is 2. The van der Waals surface area contributed by atoms with Crippen molar-refractivity contribution in [2.45, 2.75) is 12.5 Å². The summed E-state index contributed by atoms with van der Waals surface area (Å²) < 4.78 is 10.6. The average Bonchev–Trinajstić information content (AvgIpc) is 2.68. The van der Waals surface area contributed by atoms with Gasteiger partial charge in [0.15, 0.2) is 0 Å². The van der Waals surface area contributed by atoms with Crippen LogP contribution in [0.4, 0.5) is 5.69 Å². The number of aromatic carboxylic acids is 1. The highest BCUT2D eigenvalue weighted by Gasteiger charge is 2.26. The minimum atomic E-state index is -1.00. The molecule has 1 amide bonds. The van der Waals surface area contributed by atoms with E-state index in [2.05, 4.69) is 10.6 Å². The van der Waals surface area contributed by atoms with Crippen LogP contribution >= 0.6 is 0 Å². The Morgan fingerprint density at radius 3 is 2.67 bits per heavy atom. The monoisotopic (exact) mass is 370 g/mol. The number of anilines is 1. The molecule has 0 saturated heterocycles. The lowest BCUT2D eigenvalue weighted by molar-refractivity contribution is -0.118. The van der Waals surface area contributed by atoms with E-state index in [9.17, 15) is 9.59 Å². The Morgan fingerprint density at radius 2 is 1.96 bits per heavy atom. The molecule has 142 valence electrons. The van der Waals surface area contributed by atoms with E-state index < -0.39 is 12.0 Å². The molecule has 2 aromatic rings. The Bertz CT molecular complexity index is 820. The fraction of sp³-hybridized carbons (Fsp3) is 0.300. The van der Waals surface area contributed by atoms with Crippen molar-refractivity contribution in [3.8, 4) is 5.75 Å². The Labute approximate surface area is 157 Å². The molecule has 3 N–H and O–H groups in total. The smallest absolute Gasteiger partial charge is 0.335 e. The minimum absolute atomic E-state index is 0.176. The number of nitrogens with one attached hydrogen (secondary N) is 2. The highest BCUT2D eigenvalue weighted by Crippen LogP contribution is 2.28. The van der Waals surface area contributed by atoms with Crippen LogP contribution in [0, 0.1) is 0 Å². The Kier molecular flexibility index (Phi) is 6.05. The maximum Gasteiger partial charge on any atom is 0.335 e. The fourth-order valence-corrected chi connectivity index (χ4v) is 3.02. The SMILES string of the molecule is COCCOc1ccc2c(c1)CCNC2C(=O)Nc1ccc(C(=O)O)cc1. The van der Waals surface area contributed by atoms with Crippen LogP contribution in [-0.2, 0) is 16.0 Å². The summed E-state index contributed by atoms with van der Waals surface area (Å²) in [6, 6.07) is 11.3. The van der Waals surface area contributed by atoms with Crippen molar-refractivity contribution in [2.75, 3.05) is 32.2 Å². The third kappa shape index (κ3) is 4.64. The summed E-state index contributed by atoms with van der Waals surface area (Å²) in [5, 5.41) is 15.0. The number of methoxy groups -OCH3 is 1. The van der Waals surface area contributed by atoms with Gasteiger partial charge in [0, 0.05) is 19.3 Å². The number of carboxylic acids is 1. The molecule has 1 atom stereocenters. The number of ether oxygens (including phenoxy) is 2. The number of carbonyl (C=O) groups excluding carboxylic acids is 1. The molecule has 0 bridgehead atoms. The van der Waals surface area contributed by atoms with Crippen LogP contribution in [0.15, 0.2) is 42.5 Å². The molecule has 0 fully saturated rings. The molecule has 0 saturated carbocycles. The van der Waals surface area contributed by atoms with E-state index in [0.717, 1.165) is 23.3 Å². The first-order chi connectivity index (χ1) is 13.1. The Morgan fingerprint density at radius 1 is 1.19 bits per heavy atom. The van der Waals surface area contributed by atoms with Crippen LogP contribution in [0.2, 0.25) is 0 Å². The van der Waals surface area contributed by atoms with Crippen molar-refractivity contribution in [2.24, 2.45) is 0 Å². The number of hydrogen-bond acceptors (Lipinski definition) is 5. The van der Waals surface area contributed by atoms with Crippen molar-refractivity contribution in [3.05, 3.63) is 59.2 Å². The van der Waals surface area contributed by atoms with E-state index in [0.29, 0.717) is 25.4 Å². The molecule has 1 unspecified atom stereocenters. The second-order valence-electron chi connectivity index (χ2n) is 6.21. The van der Waals surface area contributed by atoms with Gasteiger partial charge in [-0.1, -0.05) is 6.07 Å². The first-order valence-electron chi connectivity index (χ1n) is 8.70. The topological polar surface area (TPSA) is 96.9 Å². The van der Waals surface area contributed by atoms with Gasteiger partial charge in [-0.25, -0.2) is 4.79 Å². The van der Waals surface area contributed by atoms with Gasteiger partial charge in [0.2, 0.25) is 5.91 Å². The van der Waals surface area contributed by atoms with Gasteiger partial charge in [0.05, 0.1) is 12.2 Å². The quantitative estimate of drug-likeness (QED) is 0.647. The van der Waals surface area contributed by atoms with Gasteiger partial charge in [-0.15, -0.1) is 0 Å². The van der Waals surface area contributed by atoms with Crippen LogP contribution < -0.4 is 15.4 Å². The minimum Gasteiger partial charge on any atom is -0.491 e. The molecular weight excluding hydrogens is 348 g/mol. The van der Waals surface area contributed by atoms with Gasteiger partial charge >= 0.3 is 5.97 Å². The first-order valence-corrected chi connectivity index (χ1v) is 8.70. The van der Waals surface area contributed by atoms with E-state index in [1.807, 2.05) is 18.2 Å². The zero-order valence-electron chi connectivity index (χ0n) is 15.0. The van der Waals surface area contributed by atoms with Crippen LogP contribution in [0.3, 0.4) is 0 Å². The molecule has 0 aliphatic carbocycles. The number of amides is 1. The third-order valence-electron chi connectivity index (χ3n) is 4.39. The number of benzene rings is 2. The van der Waals surface area contributed by atoms with Gasteiger partial charge in [-0.2, -0.15) is 0 Å². The van der Waals surface area contributed by atoms with Crippen molar-refractivity contribution in [1.29, 1.82) is 0 Å². The molecular formula is C20H22N2O5. The summed E-state index contributed by atoms with van der Waals surface area (Å²) in [7, 11) is 1.63. The van der Waals surface area contributed by atoms with E-state index in [-0.39, 0.29) is 11.5 Å². The zero-order valence-corrected chi connectivity index (χ0v) is 15.0. The molecule has 2 aromatic carbocycles. The highest BCUT2D eigenvalue weighted by molar-refractivity contribution is 5.96. The Hall–Kier alpha value is -2.90. The van der Waals surface area contributed by atoms with Crippen LogP contribution in [-0.4, -0.2) is 43.9 Å². The maximum atomic E-state index is 12.7. The number of hydrogen-bond donors (Lipinski definition) is 3. The first kappa shape index (κ1) is 18.9. The summed E-state index contributed by atoms with van der Waals surface area (Å²) in [5.74, 6) is -0.428. The maximum absolute atomic E-state index is 12.7. The Balaban J connectivity index is 1.70. The summed E-state index contributed by atoms with van der Waals surface area (Å²) >= 11 is 0. The summed E-state index contributed by atoms with van der Waals surface area (Å²) in [6.45, 7) is 1.68. The van der Waals surface area contributed by atoms with E-state index in [1.54, 1.807) is 19.2 Å². The predicted octanol–water partition coefficient (Wildman–Crippen LogP) is 2.24. The standard InChI is InChI=1S/C20H22N2O5/c1-26-10-11-27-16-6-7-17-14(12-16)8-9-21-18(17)19(23)22-15-4-2-13(3-5-15)20(24)25/h2-7,12,18,21H,8-11H2,1H3,(H,22,23)(H,24,25). The lowest BCUT2D eigenvalue weighted by atomic mass is 9.93. The number of fused-ring (bicyclic) bond motifs is 1. The lowest BCUT2D eigenvalue weighted by Gasteiger charge is -2.26. The lowest BCUT2D eigenvalue weighted by Crippen LogP contribution is -2.38. The zero-order chi connectivity index (χ0) is 19.2. The summed E-state index contributed by atoms with van der Waals surface area (Å²) in [4.78, 5) is 23.6. The fourth-order valence-electron chi connectivity index (χ4n) is 3.02. The second-order valence-corrected chi connectivity index (χ2v) is 6.21. The molecule has 0 radical (unpaired) electrons. The molecule has 27 heavy (non-hydrogen) atoms. The van der Waals surface area contributed by atoms with Gasteiger partial charge < -0.3 is 25.2 Å². The largest absolute Gasteiger partial charge is 0.491 e. The molecule has 0 spiro atoms. The number of rotatable bonds is 7.